The summed E-state index contributed by atoms with van der Waals surface area (Å²) in [6.07, 6.45) is 2.71. The summed E-state index contributed by atoms with van der Waals surface area (Å²) in [6.45, 7) is 9.52. The van der Waals surface area contributed by atoms with Gasteiger partial charge in [0.1, 0.15) is 0 Å². The van der Waals surface area contributed by atoms with E-state index in [2.05, 4.69) is 33.0 Å². The van der Waals surface area contributed by atoms with Crippen LogP contribution in [-0.2, 0) is 4.74 Å². The monoisotopic (exact) mass is 187 g/mol. The van der Waals surface area contributed by atoms with Crippen LogP contribution in [-0.4, -0.2) is 25.8 Å². The van der Waals surface area contributed by atoms with E-state index in [9.17, 15) is 0 Å². The second kappa shape index (κ2) is 7.34. The summed E-state index contributed by atoms with van der Waals surface area (Å²) >= 11 is 0. The quantitative estimate of drug-likeness (QED) is 0.661. The largest absolute Gasteiger partial charge is 0.378 e. The van der Waals surface area contributed by atoms with Crippen molar-refractivity contribution in [2.24, 2.45) is 5.92 Å². The van der Waals surface area contributed by atoms with Crippen molar-refractivity contribution in [1.29, 1.82) is 0 Å². The highest BCUT2D eigenvalue weighted by Gasteiger charge is 2.16. The molecule has 0 bridgehead atoms. The Kier molecular flexibility index (Phi) is 7.29. The van der Waals surface area contributed by atoms with E-state index in [-0.39, 0.29) is 0 Å². The lowest BCUT2D eigenvalue weighted by atomic mass is 9.96. The highest BCUT2D eigenvalue weighted by Crippen LogP contribution is 2.12. The zero-order chi connectivity index (χ0) is 10.3. The Morgan fingerprint density at radius 1 is 1.15 bits per heavy atom. The predicted octanol–water partition coefficient (Wildman–Crippen LogP) is 2.44. The fraction of sp³-hybridized carbons (Fsp3) is 1.00. The summed E-state index contributed by atoms with van der Waals surface area (Å²) in [4.78, 5) is 0. The van der Waals surface area contributed by atoms with Gasteiger partial charge in [0.25, 0.3) is 0 Å². The van der Waals surface area contributed by atoms with Gasteiger partial charge in [-0.3, -0.25) is 0 Å². The predicted molar refractivity (Wildman–Crippen MR) is 58.0 cm³/mol. The van der Waals surface area contributed by atoms with Crippen LogP contribution in [0.1, 0.15) is 40.5 Å². The van der Waals surface area contributed by atoms with Gasteiger partial charge in [-0.15, -0.1) is 0 Å². The van der Waals surface area contributed by atoms with Gasteiger partial charge in [0, 0.05) is 6.04 Å². The molecule has 2 atom stereocenters. The molecule has 0 rings (SSSR count). The van der Waals surface area contributed by atoms with E-state index in [1.54, 1.807) is 0 Å². The van der Waals surface area contributed by atoms with Crippen LogP contribution in [0.5, 0.6) is 0 Å². The van der Waals surface area contributed by atoms with Gasteiger partial charge in [0.2, 0.25) is 0 Å². The van der Waals surface area contributed by atoms with E-state index in [4.69, 9.17) is 4.74 Å². The van der Waals surface area contributed by atoms with E-state index in [1.807, 2.05) is 7.05 Å². The molecule has 0 saturated heterocycles. The van der Waals surface area contributed by atoms with Crippen molar-refractivity contribution in [3.05, 3.63) is 0 Å². The molecule has 1 N–H and O–H groups in total. The number of rotatable bonds is 7. The Morgan fingerprint density at radius 2 is 1.77 bits per heavy atom. The van der Waals surface area contributed by atoms with Crippen molar-refractivity contribution in [3.8, 4) is 0 Å². The summed E-state index contributed by atoms with van der Waals surface area (Å²) in [5, 5.41) is 3.35. The van der Waals surface area contributed by atoms with Gasteiger partial charge in [0.05, 0.1) is 12.7 Å². The molecule has 0 aliphatic rings. The van der Waals surface area contributed by atoms with Crippen LogP contribution < -0.4 is 5.32 Å². The minimum absolute atomic E-state index is 0.350. The smallest absolute Gasteiger partial charge is 0.0519 e. The highest BCUT2D eigenvalue weighted by atomic mass is 16.5. The molecule has 2 unspecified atom stereocenters. The van der Waals surface area contributed by atoms with Crippen LogP contribution in [0.15, 0.2) is 0 Å². The van der Waals surface area contributed by atoms with Gasteiger partial charge >= 0.3 is 0 Å². The molecule has 80 valence electrons. The lowest BCUT2D eigenvalue weighted by molar-refractivity contribution is 0.0398. The summed E-state index contributed by atoms with van der Waals surface area (Å²) in [6, 6.07) is 0.601. The Balaban J connectivity index is 3.85. The molecule has 0 spiro atoms. The molecule has 2 nitrogen and oxygen atoms in total. The third-order valence-corrected chi connectivity index (χ3v) is 2.55. The lowest BCUT2D eigenvalue weighted by Gasteiger charge is -2.25. The Bertz CT molecular complexity index is 111. The van der Waals surface area contributed by atoms with Gasteiger partial charge in [-0.1, -0.05) is 13.8 Å². The zero-order valence-corrected chi connectivity index (χ0v) is 9.76. The van der Waals surface area contributed by atoms with Crippen molar-refractivity contribution in [1.82, 2.24) is 5.32 Å². The number of nitrogens with one attached hydrogen (secondary N) is 1. The molecular formula is C11H25NO. The average Bonchev–Trinajstić information content (AvgIpc) is 2.11. The van der Waals surface area contributed by atoms with Crippen LogP contribution in [0.25, 0.3) is 0 Å². The Labute approximate surface area is 83.1 Å². The second-order valence-electron chi connectivity index (χ2n) is 3.85. The molecule has 0 saturated carbocycles. The zero-order valence-electron chi connectivity index (χ0n) is 9.76. The van der Waals surface area contributed by atoms with Crippen molar-refractivity contribution in [2.45, 2.75) is 52.7 Å². The minimum Gasteiger partial charge on any atom is -0.378 e. The Hall–Kier alpha value is -0.0800. The van der Waals surface area contributed by atoms with Crippen LogP contribution in [0.3, 0.4) is 0 Å². The van der Waals surface area contributed by atoms with Crippen LogP contribution >= 0.6 is 0 Å². The molecule has 0 amide bonds. The normalized spacial score (nSPS) is 16.2. The molecule has 0 aromatic rings. The molecule has 0 fully saturated rings. The maximum Gasteiger partial charge on any atom is 0.0519 e. The lowest BCUT2D eigenvalue weighted by Crippen LogP contribution is -2.35. The van der Waals surface area contributed by atoms with Gasteiger partial charge in [-0.25, -0.2) is 0 Å². The van der Waals surface area contributed by atoms with Crippen molar-refractivity contribution in [2.75, 3.05) is 13.7 Å². The first kappa shape index (κ1) is 12.9. The van der Waals surface area contributed by atoms with E-state index in [0.29, 0.717) is 18.1 Å². The van der Waals surface area contributed by atoms with Crippen molar-refractivity contribution in [3.63, 3.8) is 0 Å². The van der Waals surface area contributed by atoms with Crippen LogP contribution in [0.4, 0.5) is 0 Å². The van der Waals surface area contributed by atoms with Crippen molar-refractivity contribution >= 4 is 0 Å². The number of hydrogen-bond acceptors (Lipinski definition) is 2. The SMILES string of the molecule is CCC(COC(C)C)C(CC)NC. The second-order valence-corrected chi connectivity index (χ2v) is 3.85. The first-order valence-electron chi connectivity index (χ1n) is 5.44. The summed E-state index contributed by atoms with van der Waals surface area (Å²) < 4.78 is 5.64. The standard InChI is InChI=1S/C11H25NO/c1-6-10(8-13-9(3)4)11(7-2)12-5/h9-12H,6-8H2,1-5H3. The van der Waals surface area contributed by atoms with Gasteiger partial charge in [0.15, 0.2) is 0 Å². The first-order valence-corrected chi connectivity index (χ1v) is 5.44. The fourth-order valence-electron chi connectivity index (χ4n) is 1.61. The summed E-state index contributed by atoms with van der Waals surface area (Å²) in [5.41, 5.74) is 0. The maximum absolute atomic E-state index is 5.64. The Morgan fingerprint density at radius 3 is 2.08 bits per heavy atom. The highest BCUT2D eigenvalue weighted by molar-refractivity contribution is 4.72. The van der Waals surface area contributed by atoms with Crippen LogP contribution in [0.2, 0.25) is 0 Å². The topological polar surface area (TPSA) is 21.3 Å². The fourth-order valence-corrected chi connectivity index (χ4v) is 1.61. The summed E-state index contributed by atoms with van der Waals surface area (Å²) in [7, 11) is 2.03. The molecule has 2 heteroatoms. The minimum atomic E-state index is 0.350. The molecule has 0 aliphatic heterocycles. The molecule has 0 heterocycles. The molecule has 0 aliphatic carbocycles. The van der Waals surface area contributed by atoms with Crippen molar-refractivity contribution < 1.29 is 4.74 Å². The first-order chi connectivity index (χ1) is 6.15. The van der Waals surface area contributed by atoms with E-state index in [0.717, 1.165) is 6.61 Å². The van der Waals surface area contributed by atoms with Gasteiger partial charge in [-0.05, 0) is 39.7 Å². The van der Waals surface area contributed by atoms with E-state index < -0.39 is 0 Å². The molecular weight excluding hydrogens is 162 g/mol. The maximum atomic E-state index is 5.64. The van der Waals surface area contributed by atoms with Crippen LogP contribution in [0, 0.1) is 5.92 Å². The summed E-state index contributed by atoms with van der Waals surface area (Å²) in [5.74, 6) is 0.650. The molecule has 0 aromatic heterocycles. The van der Waals surface area contributed by atoms with E-state index >= 15 is 0 Å². The number of hydrogen-bond donors (Lipinski definition) is 1. The van der Waals surface area contributed by atoms with Gasteiger partial charge in [-0.2, -0.15) is 0 Å². The van der Waals surface area contributed by atoms with Gasteiger partial charge < -0.3 is 10.1 Å². The third-order valence-electron chi connectivity index (χ3n) is 2.55. The van der Waals surface area contributed by atoms with E-state index in [1.165, 1.54) is 12.8 Å². The average molecular weight is 187 g/mol. The molecule has 0 aromatic carbocycles. The third kappa shape index (κ3) is 5.27. The number of ether oxygens (including phenoxy) is 1. The molecule has 13 heavy (non-hydrogen) atoms. The molecule has 0 radical (unpaired) electrons.